The molecule has 2 aromatic rings. The third-order valence-corrected chi connectivity index (χ3v) is 9.83. The van der Waals surface area contributed by atoms with Crippen LogP contribution < -0.4 is 0 Å². The van der Waals surface area contributed by atoms with Crippen LogP contribution in [0, 0.1) is 11.8 Å². The average Bonchev–Trinajstić information content (AvgIpc) is 2.95. The molecule has 2 saturated carbocycles. The highest BCUT2D eigenvalue weighted by Gasteiger charge is 2.22. The van der Waals surface area contributed by atoms with Gasteiger partial charge in [-0.3, -0.25) is 4.79 Å². The summed E-state index contributed by atoms with van der Waals surface area (Å²) in [6, 6.07) is 18.7. The summed E-state index contributed by atoms with van der Waals surface area (Å²) in [6.45, 7) is 4.63. The highest BCUT2D eigenvalue weighted by molar-refractivity contribution is 5.78. The fourth-order valence-corrected chi connectivity index (χ4v) is 7.40. The highest BCUT2D eigenvalue weighted by Crippen LogP contribution is 2.38. The minimum Gasteiger partial charge on any atom is -0.300 e. The van der Waals surface area contributed by atoms with Crippen LogP contribution in [0.4, 0.5) is 0 Å². The minimum atomic E-state index is 0.436. The Balaban J connectivity index is 1.09. The predicted molar refractivity (Wildman–Crippen MR) is 163 cm³/mol. The van der Waals surface area contributed by atoms with Gasteiger partial charge in [0.05, 0.1) is 0 Å². The third kappa shape index (κ3) is 9.10. The Hall–Kier alpha value is -1.89. The number of hydrogen-bond acceptors (Lipinski definition) is 1. The molecular weight excluding hydrogens is 460 g/mol. The van der Waals surface area contributed by atoms with Crippen molar-refractivity contribution in [1.29, 1.82) is 0 Å². The quantitative estimate of drug-likeness (QED) is 0.245. The van der Waals surface area contributed by atoms with E-state index in [1.807, 2.05) is 0 Å². The van der Waals surface area contributed by atoms with E-state index in [9.17, 15) is 4.79 Å². The zero-order chi connectivity index (χ0) is 26.6. The standard InChI is InChI=1S/C37H54O/c1-3-7-29-13-21-33(22-14-29)35-25-17-31(18-26-35)9-5-11-37(38)12-6-10-32-19-27-36(28-20-32)34-23-15-30(8-4-2)16-24-34/h17-20,25-30,33-34H,3-16,21-24H2,1-2H3. The Morgan fingerprint density at radius 3 is 1.29 bits per heavy atom. The van der Waals surface area contributed by atoms with Gasteiger partial charge in [0.15, 0.2) is 0 Å². The molecule has 0 N–H and O–H groups in total. The second kappa shape index (κ2) is 15.6. The van der Waals surface area contributed by atoms with Crippen LogP contribution in [0.5, 0.6) is 0 Å². The van der Waals surface area contributed by atoms with Crippen molar-refractivity contribution in [2.24, 2.45) is 11.8 Å². The lowest BCUT2D eigenvalue weighted by Crippen LogP contribution is -2.13. The van der Waals surface area contributed by atoms with Crippen molar-refractivity contribution in [2.75, 3.05) is 0 Å². The molecule has 0 radical (unpaired) electrons. The van der Waals surface area contributed by atoms with Crippen LogP contribution >= 0.6 is 0 Å². The minimum absolute atomic E-state index is 0.436. The van der Waals surface area contributed by atoms with E-state index in [0.717, 1.165) is 62.2 Å². The zero-order valence-electron chi connectivity index (χ0n) is 24.6. The van der Waals surface area contributed by atoms with Crippen molar-refractivity contribution < 1.29 is 4.79 Å². The molecule has 4 rings (SSSR count). The van der Waals surface area contributed by atoms with Gasteiger partial charge in [0.2, 0.25) is 0 Å². The molecular formula is C37H54O. The summed E-state index contributed by atoms with van der Waals surface area (Å²) in [7, 11) is 0. The maximum Gasteiger partial charge on any atom is 0.132 e. The zero-order valence-corrected chi connectivity index (χ0v) is 24.6. The van der Waals surface area contributed by atoms with E-state index in [0.29, 0.717) is 5.78 Å². The summed E-state index contributed by atoms with van der Waals surface area (Å²) >= 11 is 0. The van der Waals surface area contributed by atoms with Gasteiger partial charge < -0.3 is 0 Å². The van der Waals surface area contributed by atoms with Gasteiger partial charge in [-0.1, -0.05) is 88.1 Å². The van der Waals surface area contributed by atoms with Crippen LogP contribution in [0.15, 0.2) is 48.5 Å². The van der Waals surface area contributed by atoms with Gasteiger partial charge in [0.1, 0.15) is 5.78 Å². The van der Waals surface area contributed by atoms with E-state index in [4.69, 9.17) is 0 Å². The summed E-state index contributed by atoms with van der Waals surface area (Å²) in [5, 5.41) is 0. The van der Waals surface area contributed by atoms with E-state index in [1.54, 1.807) is 0 Å². The summed E-state index contributed by atoms with van der Waals surface area (Å²) in [5.41, 5.74) is 5.85. The van der Waals surface area contributed by atoms with Crippen LogP contribution in [-0.2, 0) is 17.6 Å². The fourth-order valence-electron chi connectivity index (χ4n) is 7.40. The van der Waals surface area contributed by atoms with Crippen LogP contribution in [-0.4, -0.2) is 5.78 Å². The number of benzene rings is 2. The van der Waals surface area contributed by atoms with E-state index >= 15 is 0 Å². The topological polar surface area (TPSA) is 17.1 Å². The number of carbonyl (C=O) groups is 1. The molecule has 2 aromatic carbocycles. The van der Waals surface area contributed by atoms with Gasteiger partial charge in [-0.15, -0.1) is 0 Å². The number of carbonyl (C=O) groups excluding carboxylic acids is 1. The van der Waals surface area contributed by atoms with Crippen molar-refractivity contribution in [3.63, 3.8) is 0 Å². The molecule has 1 heteroatoms. The Bertz CT molecular complexity index is 846. The first-order valence-electron chi connectivity index (χ1n) is 16.3. The molecule has 0 aliphatic heterocycles. The molecule has 0 saturated heterocycles. The van der Waals surface area contributed by atoms with Crippen molar-refractivity contribution in [3.8, 4) is 0 Å². The van der Waals surface area contributed by atoms with E-state index in [1.165, 1.54) is 99.3 Å². The first-order chi connectivity index (χ1) is 18.6. The van der Waals surface area contributed by atoms with Gasteiger partial charge in [0.25, 0.3) is 0 Å². The van der Waals surface area contributed by atoms with Crippen LogP contribution in [0.1, 0.15) is 151 Å². The second-order valence-electron chi connectivity index (χ2n) is 12.7. The van der Waals surface area contributed by atoms with Gasteiger partial charge in [-0.05, 0) is 123 Å². The second-order valence-corrected chi connectivity index (χ2v) is 12.7. The monoisotopic (exact) mass is 514 g/mol. The first-order valence-corrected chi connectivity index (χ1v) is 16.3. The molecule has 2 aliphatic carbocycles. The molecule has 0 amide bonds. The number of ketones is 1. The lowest BCUT2D eigenvalue weighted by molar-refractivity contribution is -0.119. The Kier molecular flexibility index (Phi) is 12.0. The summed E-state index contributed by atoms with van der Waals surface area (Å²) in [5.74, 6) is 3.91. The molecule has 2 aliphatic rings. The van der Waals surface area contributed by atoms with E-state index < -0.39 is 0 Å². The lowest BCUT2D eigenvalue weighted by atomic mass is 9.77. The highest BCUT2D eigenvalue weighted by atomic mass is 16.1. The normalized spacial score (nSPS) is 23.8. The summed E-state index contributed by atoms with van der Waals surface area (Å²) in [4.78, 5) is 12.5. The van der Waals surface area contributed by atoms with E-state index in [-0.39, 0.29) is 0 Å². The van der Waals surface area contributed by atoms with Gasteiger partial charge in [0, 0.05) is 12.8 Å². The number of aryl methyl sites for hydroxylation is 2. The molecule has 38 heavy (non-hydrogen) atoms. The van der Waals surface area contributed by atoms with Crippen molar-refractivity contribution in [1.82, 2.24) is 0 Å². The molecule has 0 heterocycles. The molecule has 208 valence electrons. The molecule has 0 atom stereocenters. The Morgan fingerprint density at radius 2 is 0.947 bits per heavy atom. The SMILES string of the molecule is CCCC1CCC(c2ccc(CCCC(=O)CCCc3ccc(C4CCC(CCC)CC4)cc3)cc2)CC1. The van der Waals surface area contributed by atoms with Gasteiger partial charge in [-0.25, -0.2) is 0 Å². The Morgan fingerprint density at radius 1 is 0.579 bits per heavy atom. The van der Waals surface area contributed by atoms with Crippen molar-refractivity contribution in [2.45, 2.75) is 141 Å². The smallest absolute Gasteiger partial charge is 0.132 e. The molecule has 0 aromatic heterocycles. The van der Waals surface area contributed by atoms with Gasteiger partial charge >= 0.3 is 0 Å². The van der Waals surface area contributed by atoms with Crippen LogP contribution in [0.3, 0.4) is 0 Å². The predicted octanol–water partition coefficient (Wildman–Crippen LogP) is 10.7. The van der Waals surface area contributed by atoms with Crippen molar-refractivity contribution in [3.05, 3.63) is 70.8 Å². The number of hydrogen-bond donors (Lipinski definition) is 0. The summed E-state index contributed by atoms with van der Waals surface area (Å²) < 4.78 is 0. The largest absolute Gasteiger partial charge is 0.300 e. The van der Waals surface area contributed by atoms with Crippen LogP contribution in [0.2, 0.25) is 0 Å². The number of rotatable bonds is 14. The van der Waals surface area contributed by atoms with Crippen molar-refractivity contribution >= 4 is 5.78 Å². The molecule has 2 fully saturated rings. The molecule has 1 nitrogen and oxygen atoms in total. The molecule has 0 unspecified atom stereocenters. The number of Topliss-reactive ketones (excluding diaryl/α,β-unsaturated/α-hetero) is 1. The molecule has 0 spiro atoms. The van der Waals surface area contributed by atoms with E-state index in [2.05, 4.69) is 62.4 Å². The summed E-state index contributed by atoms with van der Waals surface area (Å²) in [6.07, 6.45) is 22.1. The molecule has 0 bridgehead atoms. The Labute approximate surface area is 234 Å². The maximum atomic E-state index is 12.5. The first kappa shape index (κ1) is 29.1. The average molecular weight is 515 g/mol. The van der Waals surface area contributed by atoms with Crippen LogP contribution in [0.25, 0.3) is 0 Å². The van der Waals surface area contributed by atoms with Gasteiger partial charge in [-0.2, -0.15) is 0 Å². The third-order valence-electron chi connectivity index (χ3n) is 9.83. The fraction of sp³-hybridized carbons (Fsp3) is 0.649. The lowest BCUT2D eigenvalue weighted by Gasteiger charge is -2.28. The maximum absolute atomic E-state index is 12.5.